The highest BCUT2D eigenvalue weighted by molar-refractivity contribution is 5.73. The highest BCUT2D eigenvalue weighted by Crippen LogP contribution is 2.08. The minimum Gasteiger partial charge on any atom is -0.338 e. The van der Waals surface area contributed by atoms with E-state index in [1.54, 1.807) is 0 Å². The van der Waals surface area contributed by atoms with Gasteiger partial charge in [-0.2, -0.15) is 0 Å². The first-order valence-electron chi connectivity index (χ1n) is 10.4. The van der Waals surface area contributed by atoms with E-state index in [2.05, 4.69) is 51.0 Å². The number of amides is 2. The maximum absolute atomic E-state index is 11.5. The number of rotatable bonds is 16. The fraction of sp³-hybridized carbons (Fsp3) is 0.842. The van der Waals surface area contributed by atoms with Crippen molar-refractivity contribution < 1.29 is 4.79 Å². The van der Waals surface area contributed by atoms with Gasteiger partial charge in [0.1, 0.15) is 6.17 Å². The van der Waals surface area contributed by atoms with Gasteiger partial charge in [-0.25, -0.2) is 4.79 Å². The summed E-state index contributed by atoms with van der Waals surface area (Å²) in [5, 5.41) is 13.2. The van der Waals surface area contributed by atoms with Crippen LogP contribution in [0.25, 0.3) is 0 Å². The van der Waals surface area contributed by atoms with Gasteiger partial charge in [0.15, 0.2) is 0 Å². The van der Waals surface area contributed by atoms with Crippen LogP contribution in [0, 0.1) is 0 Å². The standard InChI is InChI=1S/C19H38N6O/c1-2-3-13-16-20-19(26)21-17-14-11-9-7-5-4-6-8-10-12-15-18-22-24-25-23-18/h5,7,18H,2-4,6,8-17H2,1H3,(H,22,25)(H,23,24)(H2,20,21,26)/b7-5+. The molecule has 1 rings (SSSR count). The van der Waals surface area contributed by atoms with Crippen LogP contribution in [0.15, 0.2) is 22.6 Å². The number of urea groups is 1. The lowest BCUT2D eigenvalue weighted by Crippen LogP contribution is -2.36. The molecule has 0 atom stereocenters. The van der Waals surface area contributed by atoms with Crippen molar-refractivity contribution in [1.82, 2.24) is 21.5 Å². The van der Waals surface area contributed by atoms with Gasteiger partial charge in [-0.15, -0.1) is 0 Å². The maximum atomic E-state index is 11.5. The van der Waals surface area contributed by atoms with E-state index in [0.717, 1.165) is 45.2 Å². The predicted molar refractivity (Wildman–Crippen MR) is 107 cm³/mol. The van der Waals surface area contributed by atoms with Gasteiger partial charge in [0, 0.05) is 13.1 Å². The van der Waals surface area contributed by atoms with Crippen LogP contribution in [0.5, 0.6) is 0 Å². The second kappa shape index (κ2) is 16.7. The summed E-state index contributed by atoms with van der Waals surface area (Å²) >= 11 is 0. The van der Waals surface area contributed by atoms with Crippen LogP contribution in [-0.2, 0) is 0 Å². The Hall–Kier alpha value is -1.79. The summed E-state index contributed by atoms with van der Waals surface area (Å²) in [5.74, 6) is 0. The fourth-order valence-corrected chi connectivity index (χ4v) is 2.78. The van der Waals surface area contributed by atoms with Crippen LogP contribution in [0.2, 0.25) is 0 Å². The molecule has 0 fully saturated rings. The van der Waals surface area contributed by atoms with Crippen LogP contribution < -0.4 is 21.5 Å². The highest BCUT2D eigenvalue weighted by atomic mass is 16.2. The zero-order valence-corrected chi connectivity index (χ0v) is 16.4. The maximum Gasteiger partial charge on any atom is 0.314 e. The predicted octanol–water partition coefficient (Wildman–Crippen LogP) is 4.34. The summed E-state index contributed by atoms with van der Waals surface area (Å²) < 4.78 is 0. The topological polar surface area (TPSA) is 89.9 Å². The third-order valence-corrected chi connectivity index (χ3v) is 4.41. The third-order valence-electron chi connectivity index (χ3n) is 4.41. The quantitative estimate of drug-likeness (QED) is 0.242. The molecule has 150 valence electrons. The minimum atomic E-state index is -0.0278. The Balaban J connectivity index is 1.75. The number of hydrogen-bond donors (Lipinski definition) is 4. The molecule has 1 heterocycles. The zero-order chi connectivity index (χ0) is 18.7. The first-order chi connectivity index (χ1) is 12.8. The molecule has 7 nitrogen and oxygen atoms in total. The summed E-state index contributed by atoms with van der Waals surface area (Å²) in [4.78, 5) is 11.5. The number of nitrogens with one attached hydrogen (secondary N) is 4. The van der Waals surface area contributed by atoms with Crippen LogP contribution in [0.4, 0.5) is 4.79 Å². The van der Waals surface area contributed by atoms with Gasteiger partial charge in [0.05, 0.1) is 0 Å². The van der Waals surface area contributed by atoms with Crippen LogP contribution in [0.3, 0.4) is 0 Å². The number of carbonyl (C=O) groups is 1. The minimum absolute atomic E-state index is 0.0278. The second-order valence-electron chi connectivity index (χ2n) is 6.86. The molecule has 2 amide bonds. The van der Waals surface area contributed by atoms with Crippen molar-refractivity contribution in [2.24, 2.45) is 10.4 Å². The van der Waals surface area contributed by atoms with Crippen LogP contribution >= 0.6 is 0 Å². The highest BCUT2D eigenvalue weighted by Gasteiger charge is 2.08. The van der Waals surface area contributed by atoms with E-state index in [1.165, 1.54) is 44.9 Å². The van der Waals surface area contributed by atoms with Gasteiger partial charge in [-0.1, -0.05) is 55.2 Å². The van der Waals surface area contributed by atoms with E-state index < -0.39 is 0 Å². The van der Waals surface area contributed by atoms with Gasteiger partial charge in [-0.05, 0) is 51.4 Å². The van der Waals surface area contributed by atoms with E-state index in [0.29, 0.717) is 0 Å². The van der Waals surface area contributed by atoms with Crippen molar-refractivity contribution in [3.63, 3.8) is 0 Å². The van der Waals surface area contributed by atoms with Gasteiger partial charge in [-0.3, -0.25) is 10.9 Å². The molecule has 1 aliphatic rings. The van der Waals surface area contributed by atoms with E-state index in [4.69, 9.17) is 0 Å². The van der Waals surface area contributed by atoms with E-state index in [9.17, 15) is 4.79 Å². The molecule has 7 heteroatoms. The van der Waals surface area contributed by atoms with Crippen LogP contribution in [0.1, 0.15) is 84.0 Å². The van der Waals surface area contributed by atoms with Crippen LogP contribution in [-0.4, -0.2) is 25.3 Å². The van der Waals surface area contributed by atoms with Crippen molar-refractivity contribution in [3.8, 4) is 0 Å². The lowest BCUT2D eigenvalue weighted by molar-refractivity contribution is 0.240. The van der Waals surface area contributed by atoms with Gasteiger partial charge in [0.2, 0.25) is 0 Å². The molecule has 0 aromatic carbocycles. The second-order valence-corrected chi connectivity index (χ2v) is 6.86. The van der Waals surface area contributed by atoms with Gasteiger partial charge >= 0.3 is 6.03 Å². The Kier molecular flexibility index (Phi) is 14.3. The molecule has 0 radical (unpaired) electrons. The molecule has 0 saturated carbocycles. The Labute approximate surface area is 158 Å². The van der Waals surface area contributed by atoms with Gasteiger partial charge < -0.3 is 10.6 Å². The monoisotopic (exact) mass is 366 g/mol. The van der Waals surface area contributed by atoms with Crippen molar-refractivity contribution in [3.05, 3.63) is 12.2 Å². The first kappa shape index (κ1) is 22.3. The number of allylic oxidation sites excluding steroid dienone is 2. The lowest BCUT2D eigenvalue weighted by Gasteiger charge is -2.07. The molecular formula is C19H38N6O. The van der Waals surface area contributed by atoms with Crippen molar-refractivity contribution >= 4 is 6.03 Å². The first-order valence-corrected chi connectivity index (χ1v) is 10.4. The zero-order valence-electron chi connectivity index (χ0n) is 16.4. The summed E-state index contributed by atoms with van der Waals surface area (Å²) in [7, 11) is 0. The number of unbranched alkanes of at least 4 members (excludes halogenated alkanes) is 8. The Morgan fingerprint density at radius 2 is 1.42 bits per heavy atom. The fourth-order valence-electron chi connectivity index (χ4n) is 2.78. The smallest absolute Gasteiger partial charge is 0.314 e. The molecular weight excluding hydrogens is 328 g/mol. The molecule has 0 saturated heterocycles. The molecule has 0 bridgehead atoms. The third kappa shape index (κ3) is 13.5. The molecule has 0 spiro atoms. The normalized spacial score (nSPS) is 13.7. The Morgan fingerprint density at radius 3 is 2.08 bits per heavy atom. The Morgan fingerprint density at radius 1 is 0.846 bits per heavy atom. The van der Waals surface area contributed by atoms with E-state index in [1.807, 2.05) is 0 Å². The average molecular weight is 367 g/mol. The summed E-state index contributed by atoms with van der Waals surface area (Å²) in [5.41, 5.74) is 5.85. The Bertz CT molecular complexity index is 391. The van der Waals surface area contributed by atoms with Crippen molar-refractivity contribution in [1.29, 1.82) is 0 Å². The molecule has 1 aliphatic heterocycles. The van der Waals surface area contributed by atoms with Gasteiger partial charge in [0.25, 0.3) is 0 Å². The average Bonchev–Trinajstić information content (AvgIpc) is 3.16. The molecule has 4 N–H and O–H groups in total. The summed E-state index contributed by atoms with van der Waals surface area (Å²) in [6.45, 7) is 3.71. The molecule has 26 heavy (non-hydrogen) atoms. The molecule has 0 aromatic heterocycles. The summed E-state index contributed by atoms with van der Waals surface area (Å²) in [6.07, 6.45) is 18.8. The largest absolute Gasteiger partial charge is 0.338 e. The number of hydrogen-bond acceptors (Lipinski definition) is 5. The summed E-state index contributed by atoms with van der Waals surface area (Å²) in [6, 6.07) is -0.0278. The van der Waals surface area contributed by atoms with Crippen molar-refractivity contribution in [2.75, 3.05) is 13.1 Å². The molecule has 0 unspecified atom stereocenters. The number of carbonyl (C=O) groups excluding carboxylic acids is 1. The molecule has 0 aromatic rings. The van der Waals surface area contributed by atoms with E-state index in [-0.39, 0.29) is 12.2 Å². The number of nitrogens with zero attached hydrogens (tertiary/aromatic N) is 2. The molecule has 0 aliphatic carbocycles. The van der Waals surface area contributed by atoms with Crippen molar-refractivity contribution in [2.45, 2.75) is 90.1 Å². The SMILES string of the molecule is CCCCCNC(=O)NCCCC/C=C/CCCCCCC1NN=NN1. The van der Waals surface area contributed by atoms with E-state index >= 15 is 0 Å². The lowest BCUT2D eigenvalue weighted by atomic mass is 10.1.